The Bertz CT molecular complexity index is 572. The van der Waals surface area contributed by atoms with Gasteiger partial charge in [-0.25, -0.2) is 0 Å². The molecule has 0 unspecified atom stereocenters. The minimum absolute atomic E-state index is 0.216. The number of aromatic hydroxyl groups is 1. The fraction of sp³-hybridized carbons (Fsp3) is 0.214. The highest BCUT2D eigenvalue weighted by molar-refractivity contribution is 5.26. The summed E-state index contributed by atoms with van der Waals surface area (Å²) in [7, 11) is 0. The van der Waals surface area contributed by atoms with Gasteiger partial charge in [0.1, 0.15) is 0 Å². The molecule has 2 rings (SSSR count). The molecule has 3 heteroatoms. The molecule has 1 aromatic carbocycles. The lowest BCUT2D eigenvalue weighted by Gasteiger charge is -2.03. The molecule has 1 aromatic heterocycles. The molecule has 0 aliphatic heterocycles. The van der Waals surface area contributed by atoms with Crippen LogP contribution in [0.5, 0.6) is 5.75 Å². The van der Waals surface area contributed by atoms with Crippen LogP contribution in [0, 0.1) is 6.92 Å². The average molecular weight is 229 g/mol. The minimum Gasteiger partial charge on any atom is -0.503 e. The van der Waals surface area contributed by atoms with Crippen LogP contribution in [-0.4, -0.2) is 10.1 Å². The molecule has 2 N–H and O–H groups in total. The van der Waals surface area contributed by atoms with E-state index in [4.69, 9.17) is 0 Å². The lowest BCUT2D eigenvalue weighted by Crippen LogP contribution is -2.05. The summed E-state index contributed by atoms with van der Waals surface area (Å²) in [4.78, 5) is 13.5. The van der Waals surface area contributed by atoms with Crippen molar-refractivity contribution in [3.63, 3.8) is 0 Å². The molecule has 17 heavy (non-hydrogen) atoms. The Morgan fingerprint density at radius 2 is 1.94 bits per heavy atom. The fourth-order valence-corrected chi connectivity index (χ4v) is 1.82. The Morgan fingerprint density at radius 1 is 1.18 bits per heavy atom. The van der Waals surface area contributed by atoms with Crippen molar-refractivity contribution in [1.82, 2.24) is 4.98 Å². The van der Waals surface area contributed by atoms with E-state index in [2.05, 4.69) is 30.1 Å². The van der Waals surface area contributed by atoms with Crippen molar-refractivity contribution in [3.05, 3.63) is 63.6 Å². The van der Waals surface area contributed by atoms with Gasteiger partial charge in [-0.05, 0) is 37.0 Å². The molecule has 0 saturated heterocycles. The van der Waals surface area contributed by atoms with Crippen LogP contribution in [0.4, 0.5) is 0 Å². The van der Waals surface area contributed by atoms with E-state index >= 15 is 0 Å². The molecule has 0 saturated carbocycles. The maximum absolute atomic E-state index is 11.0. The second-order valence-electron chi connectivity index (χ2n) is 4.21. The minimum atomic E-state index is -0.440. The van der Waals surface area contributed by atoms with E-state index in [9.17, 15) is 9.90 Å². The Labute approximate surface area is 99.8 Å². The molecule has 0 spiro atoms. The topological polar surface area (TPSA) is 53.1 Å². The smallest absolute Gasteiger partial charge is 0.290 e. The Kier molecular flexibility index (Phi) is 3.28. The maximum atomic E-state index is 11.0. The first-order valence-corrected chi connectivity index (χ1v) is 5.61. The Balaban J connectivity index is 2.07. The number of aromatic nitrogens is 1. The van der Waals surface area contributed by atoms with Gasteiger partial charge in [0.25, 0.3) is 5.56 Å². The fourth-order valence-electron chi connectivity index (χ4n) is 1.82. The second kappa shape index (κ2) is 4.87. The van der Waals surface area contributed by atoms with Gasteiger partial charge in [0.15, 0.2) is 5.75 Å². The van der Waals surface area contributed by atoms with Crippen LogP contribution >= 0.6 is 0 Å². The molecule has 3 nitrogen and oxygen atoms in total. The SMILES string of the molecule is Cc1cccc(CCc2c[nH]c(=O)c(O)c2)c1. The highest BCUT2D eigenvalue weighted by atomic mass is 16.3. The molecule has 2 aromatic rings. The number of pyridine rings is 1. The molecule has 0 aliphatic rings. The zero-order valence-corrected chi connectivity index (χ0v) is 9.73. The lowest BCUT2D eigenvalue weighted by atomic mass is 10.0. The van der Waals surface area contributed by atoms with Gasteiger partial charge in [0.05, 0.1) is 0 Å². The van der Waals surface area contributed by atoms with Crippen molar-refractivity contribution >= 4 is 0 Å². The van der Waals surface area contributed by atoms with E-state index in [0.29, 0.717) is 0 Å². The number of hydrogen-bond donors (Lipinski definition) is 2. The van der Waals surface area contributed by atoms with Crippen molar-refractivity contribution < 1.29 is 5.11 Å². The molecule has 0 amide bonds. The molecule has 0 atom stereocenters. The molecular formula is C14H15NO2. The number of aryl methyl sites for hydroxylation is 3. The summed E-state index contributed by atoms with van der Waals surface area (Å²) in [6, 6.07) is 9.85. The normalized spacial score (nSPS) is 10.4. The second-order valence-corrected chi connectivity index (χ2v) is 4.21. The van der Waals surface area contributed by atoms with Gasteiger partial charge < -0.3 is 10.1 Å². The monoisotopic (exact) mass is 229 g/mol. The molecule has 0 radical (unpaired) electrons. The summed E-state index contributed by atoms with van der Waals surface area (Å²) in [5.41, 5.74) is 3.00. The van der Waals surface area contributed by atoms with Gasteiger partial charge in [0, 0.05) is 6.20 Å². The first kappa shape index (κ1) is 11.5. The van der Waals surface area contributed by atoms with Gasteiger partial charge in [0.2, 0.25) is 0 Å². The third-order valence-electron chi connectivity index (χ3n) is 2.73. The summed E-state index contributed by atoms with van der Waals surface area (Å²) in [5.74, 6) is -0.216. The molecule has 1 heterocycles. The van der Waals surface area contributed by atoms with Crippen LogP contribution in [-0.2, 0) is 12.8 Å². The third-order valence-corrected chi connectivity index (χ3v) is 2.73. The Morgan fingerprint density at radius 3 is 2.65 bits per heavy atom. The van der Waals surface area contributed by atoms with Crippen molar-refractivity contribution in [2.75, 3.05) is 0 Å². The standard InChI is InChI=1S/C14H15NO2/c1-10-3-2-4-11(7-10)5-6-12-8-13(16)14(17)15-9-12/h2-4,7-9,16H,5-6H2,1H3,(H,15,17). The zero-order valence-electron chi connectivity index (χ0n) is 9.73. The van der Waals surface area contributed by atoms with Gasteiger partial charge in [-0.2, -0.15) is 0 Å². The predicted molar refractivity (Wildman–Crippen MR) is 67.3 cm³/mol. The summed E-state index contributed by atoms with van der Waals surface area (Å²) in [6.45, 7) is 2.06. The van der Waals surface area contributed by atoms with E-state index in [0.717, 1.165) is 18.4 Å². The van der Waals surface area contributed by atoms with Crippen LogP contribution in [0.1, 0.15) is 16.7 Å². The molecule has 0 bridgehead atoms. The van der Waals surface area contributed by atoms with Crippen molar-refractivity contribution in [3.8, 4) is 5.75 Å². The van der Waals surface area contributed by atoms with Gasteiger partial charge >= 0.3 is 0 Å². The largest absolute Gasteiger partial charge is 0.503 e. The summed E-state index contributed by atoms with van der Waals surface area (Å²) >= 11 is 0. The van der Waals surface area contributed by atoms with Crippen LogP contribution < -0.4 is 5.56 Å². The molecule has 0 aliphatic carbocycles. The predicted octanol–water partition coefficient (Wildman–Crippen LogP) is 2.17. The average Bonchev–Trinajstić information content (AvgIpc) is 2.31. The maximum Gasteiger partial charge on any atom is 0.290 e. The number of nitrogens with one attached hydrogen (secondary N) is 1. The van der Waals surface area contributed by atoms with Gasteiger partial charge in [-0.15, -0.1) is 0 Å². The molecular weight excluding hydrogens is 214 g/mol. The zero-order chi connectivity index (χ0) is 12.3. The van der Waals surface area contributed by atoms with E-state index in [1.807, 2.05) is 6.07 Å². The summed E-state index contributed by atoms with van der Waals surface area (Å²) in [5, 5.41) is 9.30. The van der Waals surface area contributed by atoms with E-state index in [1.165, 1.54) is 17.2 Å². The molecule has 88 valence electrons. The third kappa shape index (κ3) is 2.97. The van der Waals surface area contributed by atoms with E-state index in [-0.39, 0.29) is 5.75 Å². The summed E-state index contributed by atoms with van der Waals surface area (Å²) < 4.78 is 0. The van der Waals surface area contributed by atoms with Crippen molar-refractivity contribution in [2.45, 2.75) is 19.8 Å². The molecule has 0 fully saturated rings. The lowest BCUT2D eigenvalue weighted by molar-refractivity contribution is 0.465. The van der Waals surface area contributed by atoms with Gasteiger partial charge in [-0.3, -0.25) is 4.79 Å². The number of H-pyrrole nitrogens is 1. The van der Waals surface area contributed by atoms with Crippen LogP contribution in [0.3, 0.4) is 0 Å². The first-order valence-electron chi connectivity index (χ1n) is 5.61. The first-order chi connectivity index (χ1) is 8.15. The highest BCUT2D eigenvalue weighted by Crippen LogP contribution is 2.10. The van der Waals surface area contributed by atoms with Gasteiger partial charge in [-0.1, -0.05) is 29.8 Å². The van der Waals surface area contributed by atoms with Crippen LogP contribution in [0.15, 0.2) is 41.3 Å². The van der Waals surface area contributed by atoms with E-state index < -0.39 is 5.56 Å². The highest BCUT2D eigenvalue weighted by Gasteiger charge is 2.00. The van der Waals surface area contributed by atoms with Crippen molar-refractivity contribution in [1.29, 1.82) is 0 Å². The van der Waals surface area contributed by atoms with E-state index in [1.54, 1.807) is 6.20 Å². The summed E-state index contributed by atoms with van der Waals surface area (Å²) in [6.07, 6.45) is 3.35. The quantitative estimate of drug-likeness (QED) is 0.847. The van der Waals surface area contributed by atoms with Crippen LogP contribution in [0.25, 0.3) is 0 Å². The number of rotatable bonds is 3. The van der Waals surface area contributed by atoms with Crippen LogP contribution in [0.2, 0.25) is 0 Å². The number of hydrogen-bond acceptors (Lipinski definition) is 2. The number of aromatic amines is 1. The Hall–Kier alpha value is -2.03. The van der Waals surface area contributed by atoms with Crippen molar-refractivity contribution in [2.24, 2.45) is 0 Å². The number of benzene rings is 1.